The monoisotopic (exact) mass is 300 g/mol. The van der Waals surface area contributed by atoms with E-state index >= 15 is 0 Å². The highest BCUT2D eigenvalue weighted by Gasteiger charge is 2.08. The Morgan fingerprint density at radius 3 is 2.65 bits per heavy atom. The zero-order chi connectivity index (χ0) is 13.0. The van der Waals surface area contributed by atoms with Gasteiger partial charge in [-0.15, -0.1) is 0 Å². The molecule has 0 spiro atoms. The molecular weight excluding hydrogens is 284 g/mol. The second-order valence-electron chi connectivity index (χ2n) is 4.23. The highest BCUT2D eigenvalue weighted by atomic mass is 79.9. The molecule has 0 saturated heterocycles. The van der Waals surface area contributed by atoms with Gasteiger partial charge in [0, 0.05) is 26.1 Å². The summed E-state index contributed by atoms with van der Waals surface area (Å²) < 4.78 is 0.719. The summed E-state index contributed by atoms with van der Waals surface area (Å²) >= 11 is 3.33. The Bertz CT molecular complexity index is 406. The molecule has 5 nitrogen and oxygen atoms in total. The summed E-state index contributed by atoms with van der Waals surface area (Å²) in [5.41, 5.74) is 0. The second kappa shape index (κ2) is 5.95. The lowest BCUT2D eigenvalue weighted by Gasteiger charge is -2.12. The molecule has 0 saturated carbocycles. The summed E-state index contributed by atoms with van der Waals surface area (Å²) in [6.07, 6.45) is 0. The third-order valence-electron chi connectivity index (χ3n) is 2.15. The number of amides is 1. The van der Waals surface area contributed by atoms with Crippen LogP contribution in [-0.4, -0.2) is 41.4 Å². The van der Waals surface area contributed by atoms with Gasteiger partial charge in [0.2, 0.25) is 5.91 Å². The van der Waals surface area contributed by atoms with Crippen LogP contribution in [0.5, 0.6) is 0 Å². The Labute approximate surface area is 110 Å². The SMILES string of the molecule is CC(C)c1nc(Br)cc(NCC(=O)N(C)C)n1. The van der Waals surface area contributed by atoms with Crippen molar-refractivity contribution in [3.63, 3.8) is 0 Å². The zero-order valence-electron chi connectivity index (χ0n) is 10.5. The predicted octanol–water partition coefficient (Wildman–Crippen LogP) is 1.86. The van der Waals surface area contributed by atoms with E-state index in [4.69, 9.17) is 0 Å². The molecule has 94 valence electrons. The van der Waals surface area contributed by atoms with Crippen LogP contribution < -0.4 is 5.32 Å². The number of nitrogens with zero attached hydrogens (tertiary/aromatic N) is 3. The zero-order valence-corrected chi connectivity index (χ0v) is 12.1. The number of carbonyl (C=O) groups is 1. The van der Waals surface area contributed by atoms with E-state index in [1.165, 1.54) is 4.90 Å². The van der Waals surface area contributed by atoms with Crippen LogP contribution in [0.2, 0.25) is 0 Å². The van der Waals surface area contributed by atoms with E-state index in [1.54, 1.807) is 20.2 Å². The molecule has 17 heavy (non-hydrogen) atoms. The number of carbonyl (C=O) groups excluding carboxylic acids is 1. The van der Waals surface area contributed by atoms with Crippen LogP contribution in [-0.2, 0) is 4.79 Å². The molecule has 0 atom stereocenters. The molecule has 0 aliphatic heterocycles. The molecular formula is C11H17BrN4O. The fourth-order valence-corrected chi connectivity index (χ4v) is 1.51. The maximum absolute atomic E-state index is 11.4. The van der Waals surface area contributed by atoms with Crippen LogP contribution in [0.4, 0.5) is 5.82 Å². The molecule has 1 aromatic heterocycles. The first-order valence-corrected chi connectivity index (χ1v) is 6.18. The van der Waals surface area contributed by atoms with Gasteiger partial charge < -0.3 is 10.2 Å². The first-order valence-electron chi connectivity index (χ1n) is 5.38. The third kappa shape index (κ3) is 4.30. The van der Waals surface area contributed by atoms with Crippen molar-refractivity contribution < 1.29 is 4.79 Å². The summed E-state index contributed by atoms with van der Waals surface area (Å²) in [5, 5.41) is 2.99. The van der Waals surface area contributed by atoms with Gasteiger partial charge in [-0.3, -0.25) is 4.79 Å². The van der Waals surface area contributed by atoms with E-state index in [0.29, 0.717) is 5.82 Å². The van der Waals surface area contributed by atoms with Gasteiger partial charge in [-0.05, 0) is 15.9 Å². The van der Waals surface area contributed by atoms with Crippen molar-refractivity contribution in [2.75, 3.05) is 26.0 Å². The van der Waals surface area contributed by atoms with E-state index < -0.39 is 0 Å². The maximum atomic E-state index is 11.4. The van der Waals surface area contributed by atoms with E-state index in [-0.39, 0.29) is 18.4 Å². The summed E-state index contributed by atoms with van der Waals surface area (Å²) in [4.78, 5) is 21.6. The van der Waals surface area contributed by atoms with Gasteiger partial charge in [0.15, 0.2) is 0 Å². The van der Waals surface area contributed by atoms with Crippen molar-refractivity contribution in [3.8, 4) is 0 Å². The number of hydrogen-bond donors (Lipinski definition) is 1. The maximum Gasteiger partial charge on any atom is 0.241 e. The van der Waals surface area contributed by atoms with Crippen LogP contribution in [0.25, 0.3) is 0 Å². The molecule has 1 amide bonds. The lowest BCUT2D eigenvalue weighted by molar-refractivity contribution is -0.126. The molecule has 0 aliphatic carbocycles. The Morgan fingerprint density at radius 2 is 2.12 bits per heavy atom. The van der Waals surface area contributed by atoms with E-state index in [9.17, 15) is 4.79 Å². The van der Waals surface area contributed by atoms with Crippen LogP contribution in [0, 0.1) is 0 Å². The molecule has 0 fully saturated rings. The number of nitrogens with one attached hydrogen (secondary N) is 1. The van der Waals surface area contributed by atoms with E-state index in [0.717, 1.165) is 10.4 Å². The standard InChI is InChI=1S/C11H17BrN4O/c1-7(2)11-14-8(12)5-9(15-11)13-6-10(17)16(3)4/h5,7H,6H2,1-4H3,(H,13,14,15). The Balaban J connectivity index is 2.74. The van der Waals surface area contributed by atoms with Crippen LogP contribution in [0.15, 0.2) is 10.7 Å². The highest BCUT2D eigenvalue weighted by molar-refractivity contribution is 9.10. The Morgan fingerprint density at radius 1 is 1.47 bits per heavy atom. The average molecular weight is 301 g/mol. The van der Waals surface area contributed by atoms with Crippen LogP contribution in [0.3, 0.4) is 0 Å². The van der Waals surface area contributed by atoms with Gasteiger partial charge in [-0.2, -0.15) is 0 Å². The van der Waals surface area contributed by atoms with Crippen LogP contribution in [0.1, 0.15) is 25.6 Å². The summed E-state index contributed by atoms with van der Waals surface area (Å²) in [7, 11) is 3.44. The van der Waals surface area contributed by atoms with Gasteiger partial charge >= 0.3 is 0 Å². The van der Waals surface area contributed by atoms with Gasteiger partial charge in [0.05, 0.1) is 6.54 Å². The minimum Gasteiger partial charge on any atom is -0.361 e. The van der Waals surface area contributed by atoms with E-state index in [1.807, 2.05) is 13.8 Å². The van der Waals surface area contributed by atoms with Gasteiger partial charge in [-0.1, -0.05) is 13.8 Å². The molecule has 1 rings (SSSR count). The number of aromatic nitrogens is 2. The first-order chi connectivity index (χ1) is 7.90. The summed E-state index contributed by atoms with van der Waals surface area (Å²) in [6, 6.07) is 1.76. The molecule has 0 bridgehead atoms. The topological polar surface area (TPSA) is 58.1 Å². The second-order valence-corrected chi connectivity index (χ2v) is 5.04. The molecule has 1 aromatic rings. The average Bonchev–Trinajstić information content (AvgIpc) is 2.24. The first kappa shape index (κ1) is 13.9. The van der Waals surface area contributed by atoms with Gasteiger partial charge in [-0.25, -0.2) is 9.97 Å². The number of halogens is 1. The van der Waals surface area contributed by atoms with Gasteiger partial charge in [0.1, 0.15) is 16.2 Å². The van der Waals surface area contributed by atoms with Crippen LogP contribution >= 0.6 is 15.9 Å². The Hall–Kier alpha value is -1.17. The fourth-order valence-electron chi connectivity index (χ4n) is 1.11. The van der Waals surface area contributed by atoms with Crippen molar-refractivity contribution in [2.45, 2.75) is 19.8 Å². The van der Waals surface area contributed by atoms with Crippen molar-refractivity contribution in [1.82, 2.24) is 14.9 Å². The third-order valence-corrected chi connectivity index (χ3v) is 2.55. The molecule has 0 aliphatic rings. The summed E-state index contributed by atoms with van der Waals surface area (Å²) in [6.45, 7) is 4.28. The Kier molecular flexibility index (Phi) is 4.86. The largest absolute Gasteiger partial charge is 0.361 e. The smallest absolute Gasteiger partial charge is 0.241 e. The van der Waals surface area contributed by atoms with Crippen molar-refractivity contribution in [1.29, 1.82) is 0 Å². The van der Waals surface area contributed by atoms with E-state index in [2.05, 4.69) is 31.2 Å². The molecule has 0 aromatic carbocycles. The van der Waals surface area contributed by atoms with Gasteiger partial charge in [0.25, 0.3) is 0 Å². The van der Waals surface area contributed by atoms with Crippen molar-refractivity contribution >= 4 is 27.7 Å². The normalized spacial score (nSPS) is 10.5. The van der Waals surface area contributed by atoms with Crippen molar-refractivity contribution in [2.24, 2.45) is 0 Å². The lowest BCUT2D eigenvalue weighted by atomic mass is 10.2. The molecule has 1 heterocycles. The number of likely N-dealkylation sites (N-methyl/N-ethyl adjacent to an activating group) is 1. The molecule has 0 unspecified atom stereocenters. The molecule has 0 radical (unpaired) electrons. The fraction of sp³-hybridized carbons (Fsp3) is 0.545. The van der Waals surface area contributed by atoms with Crippen molar-refractivity contribution in [3.05, 3.63) is 16.5 Å². The highest BCUT2D eigenvalue weighted by Crippen LogP contribution is 2.17. The quantitative estimate of drug-likeness (QED) is 0.863. The minimum absolute atomic E-state index is 0.00540. The predicted molar refractivity (Wildman–Crippen MR) is 71.0 cm³/mol. The lowest BCUT2D eigenvalue weighted by Crippen LogP contribution is -2.28. The summed E-state index contributed by atoms with van der Waals surface area (Å²) in [5.74, 6) is 1.66. The molecule has 6 heteroatoms. The number of rotatable bonds is 4. The minimum atomic E-state index is 0.00540. The molecule has 1 N–H and O–H groups in total. The number of anilines is 1. The number of hydrogen-bond acceptors (Lipinski definition) is 4.